The zero-order valence-corrected chi connectivity index (χ0v) is 14.9. The van der Waals surface area contributed by atoms with E-state index in [1.165, 1.54) is 21.3 Å². The van der Waals surface area contributed by atoms with Crippen LogP contribution in [0.3, 0.4) is 0 Å². The minimum atomic E-state index is 0.238. The first-order valence-electron chi connectivity index (χ1n) is 7.99. The molecule has 24 heavy (non-hydrogen) atoms. The fourth-order valence-electron chi connectivity index (χ4n) is 2.46. The van der Waals surface area contributed by atoms with Crippen molar-refractivity contribution in [1.29, 1.82) is 16.2 Å². The summed E-state index contributed by atoms with van der Waals surface area (Å²) in [6.45, 7) is 6.12. The lowest BCUT2D eigenvalue weighted by Crippen LogP contribution is -2.40. The van der Waals surface area contributed by atoms with E-state index in [1.54, 1.807) is 0 Å². The third kappa shape index (κ3) is 7.71. The average molecular weight is 342 g/mol. The lowest BCUT2D eigenvalue weighted by molar-refractivity contribution is 0.232. The van der Waals surface area contributed by atoms with E-state index < -0.39 is 0 Å². The lowest BCUT2D eigenvalue weighted by Gasteiger charge is -2.25. The van der Waals surface area contributed by atoms with Crippen LogP contribution >= 0.6 is 0 Å². The number of hydrogen-bond acceptors (Lipinski definition) is 9. The maximum absolute atomic E-state index is 7.74. The van der Waals surface area contributed by atoms with E-state index >= 15 is 0 Å². The predicted molar refractivity (Wildman–Crippen MR) is 93.5 cm³/mol. The molecule has 1 saturated heterocycles. The van der Waals surface area contributed by atoms with E-state index in [9.17, 15) is 0 Å². The smallest absolute Gasteiger partial charge is 0.194 e. The van der Waals surface area contributed by atoms with Gasteiger partial charge in [0.05, 0.1) is 41.0 Å². The molecule has 3 N–H and O–H groups in total. The first-order valence-corrected chi connectivity index (χ1v) is 7.99. The summed E-state index contributed by atoms with van der Waals surface area (Å²) in [5.41, 5.74) is 0. The molecule has 0 bridgehead atoms. The molecule has 1 rings (SSSR count). The minimum Gasteiger partial charge on any atom is -0.484 e. The first-order chi connectivity index (χ1) is 11.5. The number of hydrogen-bond donors (Lipinski definition) is 3. The van der Waals surface area contributed by atoms with Crippen molar-refractivity contribution < 1.29 is 14.2 Å². The van der Waals surface area contributed by atoms with Crippen LogP contribution in [0.4, 0.5) is 0 Å². The van der Waals surface area contributed by atoms with Crippen molar-refractivity contribution >= 4 is 17.7 Å². The van der Waals surface area contributed by atoms with E-state index in [4.69, 9.17) is 30.4 Å². The monoisotopic (exact) mass is 342 g/mol. The molecular formula is C15H30N6O3. The van der Waals surface area contributed by atoms with Gasteiger partial charge in [-0.3, -0.25) is 30.9 Å². The maximum atomic E-state index is 7.74. The highest BCUT2D eigenvalue weighted by molar-refractivity contribution is 5.75. The second-order valence-corrected chi connectivity index (χ2v) is 5.71. The van der Waals surface area contributed by atoms with Crippen molar-refractivity contribution in [2.75, 3.05) is 80.2 Å². The molecule has 138 valence electrons. The maximum Gasteiger partial charge on any atom is 0.194 e. The molecule has 0 radical (unpaired) electrons. The molecule has 9 nitrogen and oxygen atoms in total. The molecule has 0 aromatic heterocycles. The van der Waals surface area contributed by atoms with Gasteiger partial charge >= 0.3 is 0 Å². The molecule has 0 atom stereocenters. The summed E-state index contributed by atoms with van der Waals surface area (Å²) in [5.74, 6) is 0.713. The Kier molecular flexibility index (Phi) is 9.28. The second-order valence-electron chi connectivity index (χ2n) is 5.71. The van der Waals surface area contributed by atoms with Gasteiger partial charge in [0.2, 0.25) is 0 Å². The van der Waals surface area contributed by atoms with Gasteiger partial charge in [0.25, 0.3) is 0 Å². The van der Waals surface area contributed by atoms with E-state index in [1.807, 2.05) is 0 Å². The molecule has 0 amide bonds. The van der Waals surface area contributed by atoms with Crippen molar-refractivity contribution in [2.24, 2.45) is 0 Å². The molecule has 0 saturated carbocycles. The van der Waals surface area contributed by atoms with Gasteiger partial charge in [-0.25, -0.2) is 0 Å². The van der Waals surface area contributed by atoms with E-state index in [0.717, 1.165) is 39.3 Å². The second kappa shape index (κ2) is 11.0. The molecule has 0 aromatic carbocycles. The summed E-state index contributed by atoms with van der Waals surface area (Å²) in [6.07, 6.45) is 0. The topological polar surface area (TPSA) is 109 Å². The highest BCUT2D eigenvalue weighted by atomic mass is 16.5. The number of methoxy groups -OCH3 is 3. The summed E-state index contributed by atoms with van der Waals surface area (Å²) < 4.78 is 14.9. The highest BCUT2D eigenvalue weighted by Gasteiger charge is 2.19. The van der Waals surface area contributed by atoms with Gasteiger partial charge in [0.1, 0.15) is 0 Å². The van der Waals surface area contributed by atoms with Crippen LogP contribution in [0.5, 0.6) is 0 Å². The van der Waals surface area contributed by atoms with Gasteiger partial charge in [0.15, 0.2) is 17.7 Å². The SMILES string of the molecule is COC(=N)CN1CCN(CC(=N)OC)CCN(CC(=N)OC)CC1. The molecule has 9 heteroatoms. The Labute approximate surface area is 144 Å². The van der Waals surface area contributed by atoms with Crippen LogP contribution in [0.15, 0.2) is 0 Å². The van der Waals surface area contributed by atoms with Gasteiger partial charge in [-0.1, -0.05) is 0 Å². The van der Waals surface area contributed by atoms with Gasteiger partial charge < -0.3 is 14.2 Å². The zero-order chi connectivity index (χ0) is 17.9. The van der Waals surface area contributed by atoms with Crippen LogP contribution in [-0.4, -0.2) is 113 Å². The fraction of sp³-hybridized carbons (Fsp3) is 0.800. The highest BCUT2D eigenvalue weighted by Crippen LogP contribution is 2.02. The molecular weight excluding hydrogens is 312 g/mol. The minimum absolute atomic E-state index is 0.238. The molecule has 1 fully saturated rings. The van der Waals surface area contributed by atoms with Crippen molar-refractivity contribution in [2.45, 2.75) is 0 Å². The van der Waals surface area contributed by atoms with E-state index in [0.29, 0.717) is 19.6 Å². The average Bonchev–Trinajstić information content (AvgIpc) is 2.67. The van der Waals surface area contributed by atoms with Gasteiger partial charge in [0, 0.05) is 39.3 Å². The summed E-state index contributed by atoms with van der Waals surface area (Å²) >= 11 is 0. The van der Waals surface area contributed by atoms with Crippen LogP contribution in [0.25, 0.3) is 0 Å². The lowest BCUT2D eigenvalue weighted by atomic mass is 10.4. The molecule has 1 aliphatic rings. The fourth-order valence-corrected chi connectivity index (χ4v) is 2.46. The van der Waals surface area contributed by atoms with E-state index in [-0.39, 0.29) is 17.7 Å². The zero-order valence-electron chi connectivity index (χ0n) is 14.9. The Balaban J connectivity index is 2.72. The Morgan fingerprint density at radius 2 is 0.792 bits per heavy atom. The molecule has 0 aliphatic carbocycles. The Morgan fingerprint density at radius 3 is 0.958 bits per heavy atom. The van der Waals surface area contributed by atoms with Crippen LogP contribution < -0.4 is 0 Å². The number of nitrogens with one attached hydrogen (secondary N) is 3. The van der Waals surface area contributed by atoms with Gasteiger partial charge in [-0.2, -0.15) is 0 Å². The summed E-state index contributed by atoms with van der Waals surface area (Å²) in [7, 11) is 4.53. The molecule has 0 spiro atoms. The van der Waals surface area contributed by atoms with Crippen LogP contribution in [0, 0.1) is 16.2 Å². The third-order valence-corrected chi connectivity index (χ3v) is 4.04. The van der Waals surface area contributed by atoms with Crippen LogP contribution in [0.1, 0.15) is 0 Å². The third-order valence-electron chi connectivity index (χ3n) is 4.04. The first kappa shape index (κ1) is 20.3. The summed E-state index contributed by atoms with van der Waals surface area (Å²) in [5, 5.41) is 23.2. The van der Waals surface area contributed by atoms with Crippen LogP contribution in [-0.2, 0) is 14.2 Å². The number of nitrogens with zero attached hydrogens (tertiary/aromatic N) is 3. The van der Waals surface area contributed by atoms with Gasteiger partial charge in [-0.15, -0.1) is 0 Å². The Hall–Kier alpha value is -1.71. The summed E-state index contributed by atoms with van der Waals surface area (Å²) in [6, 6.07) is 0. The van der Waals surface area contributed by atoms with Crippen molar-refractivity contribution in [3.63, 3.8) is 0 Å². The van der Waals surface area contributed by atoms with Crippen molar-refractivity contribution in [3.05, 3.63) is 0 Å². The summed E-state index contributed by atoms with van der Waals surface area (Å²) in [4.78, 5) is 6.47. The van der Waals surface area contributed by atoms with E-state index in [2.05, 4.69) is 14.7 Å². The normalized spacial score (nSPS) is 18.1. The number of rotatable bonds is 6. The standard InChI is InChI=1S/C15H30N6O3/c1-22-13(16)10-19-4-6-20(11-14(17)23-2)8-9-21(7-5-19)12-15(18)24-3/h16-18H,4-12H2,1-3H3. The number of ether oxygens (including phenoxy) is 3. The predicted octanol–water partition coefficient (Wildman–Crippen LogP) is -0.223. The molecule has 0 aromatic rings. The molecule has 1 aliphatic heterocycles. The molecule has 0 unspecified atom stereocenters. The largest absolute Gasteiger partial charge is 0.484 e. The van der Waals surface area contributed by atoms with Gasteiger partial charge in [-0.05, 0) is 0 Å². The molecule has 1 heterocycles. The van der Waals surface area contributed by atoms with Crippen molar-refractivity contribution in [3.8, 4) is 0 Å². The quantitative estimate of drug-likeness (QED) is 0.455. The van der Waals surface area contributed by atoms with Crippen molar-refractivity contribution in [1.82, 2.24) is 14.7 Å². The Bertz CT molecular complexity index is 358. The Morgan fingerprint density at radius 1 is 0.583 bits per heavy atom. The van der Waals surface area contributed by atoms with Crippen LogP contribution in [0.2, 0.25) is 0 Å².